The number of rotatable bonds is 3. The van der Waals surface area contributed by atoms with Gasteiger partial charge in [0.1, 0.15) is 11.5 Å². The fourth-order valence-electron chi connectivity index (χ4n) is 1.27. The van der Waals surface area contributed by atoms with Crippen molar-refractivity contribution in [3.05, 3.63) is 62.2 Å². The summed E-state index contributed by atoms with van der Waals surface area (Å²) in [6.07, 6.45) is 0. The first-order valence-corrected chi connectivity index (χ1v) is 5.91. The lowest BCUT2D eigenvalue weighted by molar-refractivity contribution is -0.384. The van der Waals surface area contributed by atoms with Gasteiger partial charge in [-0.2, -0.15) is 0 Å². The van der Waals surface area contributed by atoms with Crippen LogP contribution in [0, 0.1) is 13.7 Å². The van der Waals surface area contributed by atoms with Gasteiger partial charge < -0.3 is 4.74 Å². The normalized spacial score (nSPS) is 9.94. The highest BCUT2D eigenvalue weighted by atomic mass is 127. The highest BCUT2D eigenvalue weighted by Crippen LogP contribution is 2.24. The molecule has 0 bridgehead atoms. The number of hydrogen-bond donors (Lipinski definition) is 0. The molecule has 17 heavy (non-hydrogen) atoms. The van der Waals surface area contributed by atoms with E-state index in [1.807, 2.05) is 24.3 Å². The van der Waals surface area contributed by atoms with Gasteiger partial charge in [-0.15, -0.1) is 0 Å². The van der Waals surface area contributed by atoms with Crippen molar-refractivity contribution in [2.75, 3.05) is 0 Å². The topological polar surface area (TPSA) is 52.4 Å². The van der Waals surface area contributed by atoms with Gasteiger partial charge in [0, 0.05) is 15.7 Å². The third-order valence-corrected chi connectivity index (χ3v) is 2.82. The van der Waals surface area contributed by atoms with Gasteiger partial charge in [0.15, 0.2) is 0 Å². The van der Waals surface area contributed by atoms with Crippen LogP contribution in [0.5, 0.6) is 11.5 Å². The molecule has 0 N–H and O–H groups in total. The molecule has 0 aliphatic rings. The number of ether oxygens (including phenoxy) is 1. The summed E-state index contributed by atoms with van der Waals surface area (Å²) in [6, 6.07) is 13.6. The molecule has 2 rings (SSSR count). The van der Waals surface area contributed by atoms with E-state index in [4.69, 9.17) is 4.74 Å². The number of hydrogen-bond acceptors (Lipinski definition) is 3. The van der Waals surface area contributed by atoms with Crippen molar-refractivity contribution in [1.29, 1.82) is 0 Å². The minimum absolute atomic E-state index is 0.0555. The Morgan fingerprint density at radius 3 is 1.88 bits per heavy atom. The highest BCUT2D eigenvalue weighted by Gasteiger charge is 2.04. The SMILES string of the molecule is O=[N+]([O-])c1ccc(Oc2ccc(I)cc2)cc1. The Labute approximate surface area is 112 Å². The summed E-state index contributed by atoms with van der Waals surface area (Å²) in [7, 11) is 0. The molecule has 0 fully saturated rings. The van der Waals surface area contributed by atoms with Gasteiger partial charge in [0.2, 0.25) is 0 Å². The Morgan fingerprint density at radius 2 is 1.41 bits per heavy atom. The van der Waals surface area contributed by atoms with Crippen LogP contribution in [-0.2, 0) is 0 Å². The van der Waals surface area contributed by atoms with Gasteiger partial charge in [-0.05, 0) is 59.0 Å². The van der Waals surface area contributed by atoms with Gasteiger partial charge in [-0.3, -0.25) is 10.1 Å². The fourth-order valence-corrected chi connectivity index (χ4v) is 1.63. The van der Waals surface area contributed by atoms with Crippen molar-refractivity contribution >= 4 is 28.3 Å². The Bertz CT molecular complexity index is 522. The van der Waals surface area contributed by atoms with Crippen LogP contribution in [0.3, 0.4) is 0 Å². The largest absolute Gasteiger partial charge is 0.457 e. The lowest BCUT2D eigenvalue weighted by atomic mass is 10.3. The van der Waals surface area contributed by atoms with Gasteiger partial charge in [-0.1, -0.05) is 0 Å². The maximum Gasteiger partial charge on any atom is 0.269 e. The van der Waals surface area contributed by atoms with E-state index < -0.39 is 4.92 Å². The first-order valence-electron chi connectivity index (χ1n) is 4.83. The minimum Gasteiger partial charge on any atom is -0.457 e. The van der Waals surface area contributed by atoms with E-state index in [-0.39, 0.29) is 5.69 Å². The van der Waals surface area contributed by atoms with Crippen LogP contribution in [0.25, 0.3) is 0 Å². The average Bonchev–Trinajstić information content (AvgIpc) is 2.33. The second-order valence-electron chi connectivity index (χ2n) is 3.31. The number of nitro benzene ring substituents is 1. The van der Waals surface area contributed by atoms with Crippen molar-refractivity contribution in [2.24, 2.45) is 0 Å². The molecule has 0 radical (unpaired) electrons. The average molecular weight is 341 g/mol. The quantitative estimate of drug-likeness (QED) is 0.482. The Kier molecular flexibility index (Phi) is 3.58. The standard InChI is InChI=1S/C12H8INO3/c13-9-1-5-11(6-2-9)17-12-7-3-10(4-8-12)14(15)16/h1-8H. The second kappa shape index (κ2) is 5.13. The predicted octanol–water partition coefficient (Wildman–Crippen LogP) is 3.99. The molecule has 0 aliphatic heterocycles. The van der Waals surface area contributed by atoms with Crippen molar-refractivity contribution in [2.45, 2.75) is 0 Å². The monoisotopic (exact) mass is 341 g/mol. The molecule has 0 saturated heterocycles. The van der Waals surface area contributed by atoms with Gasteiger partial charge in [0.25, 0.3) is 5.69 Å². The lowest BCUT2D eigenvalue weighted by Gasteiger charge is -2.04. The highest BCUT2D eigenvalue weighted by molar-refractivity contribution is 14.1. The van der Waals surface area contributed by atoms with Crippen LogP contribution >= 0.6 is 22.6 Å². The molecule has 0 heterocycles. The first kappa shape index (κ1) is 11.8. The minimum atomic E-state index is -0.436. The summed E-state index contributed by atoms with van der Waals surface area (Å²) < 4.78 is 6.67. The van der Waals surface area contributed by atoms with E-state index in [0.717, 1.165) is 3.57 Å². The molecule has 0 aromatic heterocycles. The van der Waals surface area contributed by atoms with E-state index in [2.05, 4.69) is 22.6 Å². The van der Waals surface area contributed by atoms with Gasteiger partial charge in [0.05, 0.1) is 4.92 Å². The van der Waals surface area contributed by atoms with Crippen molar-refractivity contribution in [3.8, 4) is 11.5 Å². The molecule has 0 atom stereocenters. The first-order chi connectivity index (χ1) is 8.15. The fraction of sp³-hybridized carbons (Fsp3) is 0. The maximum atomic E-state index is 10.5. The molecule has 0 unspecified atom stereocenters. The Morgan fingerprint density at radius 1 is 0.941 bits per heavy atom. The summed E-state index contributed by atoms with van der Waals surface area (Å²) >= 11 is 2.21. The third kappa shape index (κ3) is 3.16. The maximum absolute atomic E-state index is 10.5. The van der Waals surface area contributed by atoms with Crippen molar-refractivity contribution in [1.82, 2.24) is 0 Å². The van der Waals surface area contributed by atoms with E-state index >= 15 is 0 Å². The zero-order valence-corrected chi connectivity index (χ0v) is 10.8. The van der Waals surface area contributed by atoms with Crippen LogP contribution in [0.4, 0.5) is 5.69 Å². The molecule has 2 aromatic carbocycles. The van der Waals surface area contributed by atoms with Crippen LogP contribution in [0.15, 0.2) is 48.5 Å². The van der Waals surface area contributed by atoms with E-state index in [1.54, 1.807) is 12.1 Å². The molecule has 0 saturated carbocycles. The smallest absolute Gasteiger partial charge is 0.269 e. The molecule has 0 spiro atoms. The number of nitrogens with zero attached hydrogens (tertiary/aromatic N) is 1. The summed E-state index contributed by atoms with van der Waals surface area (Å²) in [5, 5.41) is 10.5. The number of non-ortho nitro benzene ring substituents is 1. The van der Waals surface area contributed by atoms with Crippen LogP contribution in [0.2, 0.25) is 0 Å². The van der Waals surface area contributed by atoms with Crippen molar-refractivity contribution in [3.63, 3.8) is 0 Å². The molecule has 0 amide bonds. The zero-order chi connectivity index (χ0) is 12.3. The van der Waals surface area contributed by atoms with Gasteiger partial charge in [-0.25, -0.2) is 0 Å². The molecule has 86 valence electrons. The molecule has 2 aromatic rings. The molecular weight excluding hydrogens is 333 g/mol. The second-order valence-corrected chi connectivity index (χ2v) is 4.55. The van der Waals surface area contributed by atoms with E-state index in [1.165, 1.54) is 12.1 Å². The molecular formula is C12H8INO3. The summed E-state index contributed by atoms with van der Waals surface area (Å²) in [4.78, 5) is 10.0. The summed E-state index contributed by atoms with van der Waals surface area (Å²) in [5.74, 6) is 1.29. The summed E-state index contributed by atoms with van der Waals surface area (Å²) in [6.45, 7) is 0. The Hall–Kier alpha value is -1.63. The number of benzene rings is 2. The van der Waals surface area contributed by atoms with Crippen LogP contribution in [-0.4, -0.2) is 4.92 Å². The third-order valence-electron chi connectivity index (χ3n) is 2.10. The predicted molar refractivity (Wildman–Crippen MR) is 72.3 cm³/mol. The van der Waals surface area contributed by atoms with Crippen LogP contribution in [0.1, 0.15) is 0 Å². The van der Waals surface area contributed by atoms with Crippen molar-refractivity contribution < 1.29 is 9.66 Å². The molecule has 4 nitrogen and oxygen atoms in total. The zero-order valence-electron chi connectivity index (χ0n) is 8.67. The van der Waals surface area contributed by atoms with Crippen LogP contribution < -0.4 is 4.74 Å². The van der Waals surface area contributed by atoms with E-state index in [0.29, 0.717) is 11.5 Å². The van der Waals surface area contributed by atoms with Gasteiger partial charge >= 0.3 is 0 Å². The number of halogens is 1. The van der Waals surface area contributed by atoms with E-state index in [9.17, 15) is 10.1 Å². The summed E-state index contributed by atoms with van der Waals surface area (Å²) in [5.41, 5.74) is 0.0555. The molecule has 0 aliphatic carbocycles. The number of nitro groups is 1. The molecule has 5 heteroatoms. The lowest BCUT2D eigenvalue weighted by Crippen LogP contribution is -1.88. The Balaban J connectivity index is 2.13.